The minimum absolute atomic E-state index is 0.207. The van der Waals surface area contributed by atoms with E-state index in [-0.39, 0.29) is 5.56 Å². The summed E-state index contributed by atoms with van der Waals surface area (Å²) in [6, 6.07) is 6.60. The second-order valence-electron chi connectivity index (χ2n) is 3.84. The summed E-state index contributed by atoms with van der Waals surface area (Å²) in [5.74, 6) is -1.55. The van der Waals surface area contributed by atoms with Crippen LogP contribution in [0.25, 0.3) is 0 Å². The molecule has 2 aromatic rings. The number of nitrogens with zero attached hydrogens (tertiary/aromatic N) is 1. The minimum Gasteiger partial charge on any atom is -0.322 e. The first-order chi connectivity index (χ1) is 8.54. The summed E-state index contributed by atoms with van der Waals surface area (Å²) >= 11 is 0. The van der Waals surface area contributed by atoms with Crippen molar-refractivity contribution in [3.8, 4) is 0 Å². The fraction of sp³-hybridized carbons (Fsp3) is 0.0769. The molecule has 18 heavy (non-hydrogen) atoms. The van der Waals surface area contributed by atoms with E-state index in [0.717, 1.165) is 12.3 Å². The first-order valence-corrected chi connectivity index (χ1v) is 5.25. The van der Waals surface area contributed by atoms with E-state index in [4.69, 9.17) is 0 Å². The number of halogens is 2. The van der Waals surface area contributed by atoms with E-state index in [0.29, 0.717) is 11.3 Å². The number of aryl methyl sites for hydroxylation is 1. The molecule has 1 heterocycles. The number of aromatic nitrogens is 1. The molecule has 0 radical (unpaired) electrons. The summed E-state index contributed by atoms with van der Waals surface area (Å²) in [5, 5.41) is 2.52. The van der Waals surface area contributed by atoms with Gasteiger partial charge in [-0.2, -0.15) is 4.39 Å². The van der Waals surface area contributed by atoms with Gasteiger partial charge in [-0.25, -0.2) is 9.37 Å². The molecule has 5 heteroatoms. The standard InChI is InChI=1S/C13H10F2N2O/c1-8-4-10(14)6-11(5-8)17-13(18)9-2-3-12(15)16-7-9/h2-7H,1H3,(H,17,18). The van der Waals surface area contributed by atoms with Crippen LogP contribution in [-0.2, 0) is 0 Å². The molecule has 92 valence electrons. The molecular formula is C13H10F2N2O. The molecule has 3 nitrogen and oxygen atoms in total. The molecule has 0 atom stereocenters. The van der Waals surface area contributed by atoms with Crippen molar-refractivity contribution in [3.63, 3.8) is 0 Å². The van der Waals surface area contributed by atoms with Crippen molar-refractivity contribution in [2.24, 2.45) is 0 Å². The van der Waals surface area contributed by atoms with Crippen molar-refractivity contribution in [3.05, 3.63) is 59.4 Å². The van der Waals surface area contributed by atoms with Gasteiger partial charge in [0.25, 0.3) is 5.91 Å². The number of anilines is 1. The lowest BCUT2D eigenvalue weighted by Crippen LogP contribution is -2.12. The number of amides is 1. The SMILES string of the molecule is Cc1cc(F)cc(NC(=O)c2ccc(F)nc2)c1. The smallest absolute Gasteiger partial charge is 0.257 e. The van der Waals surface area contributed by atoms with Crippen molar-refractivity contribution >= 4 is 11.6 Å². The Kier molecular flexibility index (Phi) is 3.32. The summed E-state index contributed by atoms with van der Waals surface area (Å²) in [6.45, 7) is 1.72. The third-order valence-electron chi connectivity index (χ3n) is 2.29. The Bertz CT molecular complexity index is 562. The third kappa shape index (κ3) is 2.88. The Morgan fingerprint density at radius 3 is 2.61 bits per heavy atom. The fourth-order valence-corrected chi connectivity index (χ4v) is 1.52. The van der Waals surface area contributed by atoms with Crippen LogP contribution in [0.3, 0.4) is 0 Å². The number of carbonyl (C=O) groups excluding carboxylic acids is 1. The summed E-state index contributed by atoms with van der Waals surface area (Å²) < 4.78 is 25.7. The summed E-state index contributed by atoms with van der Waals surface area (Å²) in [5.41, 5.74) is 1.25. The van der Waals surface area contributed by atoms with Crippen molar-refractivity contribution in [2.45, 2.75) is 6.92 Å². The summed E-state index contributed by atoms with van der Waals surface area (Å²) in [4.78, 5) is 15.1. The molecule has 0 saturated heterocycles. The highest BCUT2D eigenvalue weighted by Gasteiger charge is 2.07. The summed E-state index contributed by atoms with van der Waals surface area (Å²) in [6.07, 6.45) is 1.12. The topological polar surface area (TPSA) is 42.0 Å². The average molecular weight is 248 g/mol. The van der Waals surface area contributed by atoms with Gasteiger partial charge in [0.2, 0.25) is 5.95 Å². The van der Waals surface area contributed by atoms with E-state index in [1.165, 1.54) is 18.2 Å². The third-order valence-corrected chi connectivity index (χ3v) is 2.29. The first kappa shape index (κ1) is 12.2. The predicted octanol–water partition coefficient (Wildman–Crippen LogP) is 2.92. The summed E-state index contributed by atoms with van der Waals surface area (Å²) in [7, 11) is 0. The number of pyridine rings is 1. The van der Waals surface area contributed by atoms with Gasteiger partial charge in [0.15, 0.2) is 0 Å². The normalized spacial score (nSPS) is 10.2. The molecule has 0 unspecified atom stereocenters. The number of nitrogens with one attached hydrogen (secondary N) is 1. The molecule has 0 aliphatic carbocycles. The molecule has 1 amide bonds. The second kappa shape index (κ2) is 4.91. The number of rotatable bonds is 2. The van der Waals surface area contributed by atoms with Gasteiger partial charge in [-0.05, 0) is 42.8 Å². The molecule has 0 bridgehead atoms. The van der Waals surface area contributed by atoms with Crippen LogP contribution in [-0.4, -0.2) is 10.9 Å². The maximum Gasteiger partial charge on any atom is 0.257 e. The Hall–Kier alpha value is -2.30. The predicted molar refractivity (Wildman–Crippen MR) is 63.3 cm³/mol. The maximum atomic E-state index is 13.1. The molecule has 0 aliphatic rings. The van der Waals surface area contributed by atoms with Gasteiger partial charge in [0.1, 0.15) is 5.82 Å². The molecule has 0 fully saturated rings. The van der Waals surface area contributed by atoms with Crippen LogP contribution < -0.4 is 5.32 Å². The van der Waals surface area contributed by atoms with Crippen LogP contribution in [0.2, 0.25) is 0 Å². The highest BCUT2D eigenvalue weighted by Crippen LogP contribution is 2.14. The fourth-order valence-electron chi connectivity index (χ4n) is 1.52. The maximum absolute atomic E-state index is 13.1. The average Bonchev–Trinajstić information content (AvgIpc) is 2.28. The van der Waals surface area contributed by atoms with E-state index >= 15 is 0 Å². The van der Waals surface area contributed by atoms with Crippen molar-refractivity contribution in [2.75, 3.05) is 5.32 Å². The van der Waals surface area contributed by atoms with Crippen LogP contribution in [0.15, 0.2) is 36.5 Å². The largest absolute Gasteiger partial charge is 0.322 e. The zero-order valence-corrected chi connectivity index (χ0v) is 9.58. The Morgan fingerprint density at radius 2 is 2.00 bits per heavy atom. The van der Waals surface area contributed by atoms with Crippen molar-refractivity contribution in [1.29, 1.82) is 0 Å². The van der Waals surface area contributed by atoms with Gasteiger partial charge in [-0.3, -0.25) is 4.79 Å². The molecule has 1 aromatic carbocycles. The van der Waals surface area contributed by atoms with Gasteiger partial charge in [0, 0.05) is 11.9 Å². The van der Waals surface area contributed by atoms with Crippen molar-refractivity contribution < 1.29 is 13.6 Å². The van der Waals surface area contributed by atoms with E-state index < -0.39 is 17.7 Å². The van der Waals surface area contributed by atoms with Gasteiger partial charge >= 0.3 is 0 Å². The zero-order valence-electron chi connectivity index (χ0n) is 9.58. The van der Waals surface area contributed by atoms with Gasteiger partial charge in [-0.15, -0.1) is 0 Å². The van der Waals surface area contributed by atoms with Crippen LogP contribution in [0.1, 0.15) is 15.9 Å². The van der Waals surface area contributed by atoms with Crippen molar-refractivity contribution in [1.82, 2.24) is 4.98 Å². The molecular weight excluding hydrogens is 238 g/mol. The molecule has 0 saturated carbocycles. The molecule has 1 N–H and O–H groups in total. The van der Waals surface area contributed by atoms with Gasteiger partial charge in [0.05, 0.1) is 5.56 Å². The zero-order chi connectivity index (χ0) is 13.1. The molecule has 2 rings (SSSR count). The van der Waals surface area contributed by atoms with E-state index in [1.807, 2.05) is 0 Å². The monoisotopic (exact) mass is 248 g/mol. The Balaban J connectivity index is 2.18. The van der Waals surface area contributed by atoms with E-state index in [9.17, 15) is 13.6 Å². The molecule has 0 spiro atoms. The Labute approximate surface area is 102 Å². The highest BCUT2D eigenvalue weighted by atomic mass is 19.1. The number of benzene rings is 1. The lowest BCUT2D eigenvalue weighted by atomic mass is 10.2. The molecule has 0 aliphatic heterocycles. The van der Waals surface area contributed by atoms with Crippen LogP contribution >= 0.6 is 0 Å². The Morgan fingerprint density at radius 1 is 1.22 bits per heavy atom. The number of carbonyl (C=O) groups is 1. The molecule has 1 aromatic heterocycles. The highest BCUT2D eigenvalue weighted by molar-refractivity contribution is 6.04. The van der Waals surface area contributed by atoms with E-state index in [1.54, 1.807) is 13.0 Å². The van der Waals surface area contributed by atoms with E-state index in [2.05, 4.69) is 10.3 Å². The van der Waals surface area contributed by atoms with Gasteiger partial charge in [-0.1, -0.05) is 0 Å². The lowest BCUT2D eigenvalue weighted by Gasteiger charge is -2.06. The number of hydrogen-bond acceptors (Lipinski definition) is 2. The van der Waals surface area contributed by atoms with Crippen LogP contribution in [0, 0.1) is 18.7 Å². The van der Waals surface area contributed by atoms with Gasteiger partial charge < -0.3 is 5.32 Å². The minimum atomic E-state index is -0.659. The second-order valence-corrected chi connectivity index (χ2v) is 3.84. The van der Waals surface area contributed by atoms with Crippen LogP contribution in [0.5, 0.6) is 0 Å². The quantitative estimate of drug-likeness (QED) is 0.830. The number of hydrogen-bond donors (Lipinski definition) is 1. The first-order valence-electron chi connectivity index (χ1n) is 5.25. The lowest BCUT2D eigenvalue weighted by molar-refractivity contribution is 0.102. The van der Waals surface area contributed by atoms with Crippen LogP contribution in [0.4, 0.5) is 14.5 Å².